The molecule has 2 rings (SSSR count). The Labute approximate surface area is 124 Å². The third-order valence-electron chi connectivity index (χ3n) is 3.62. The second kappa shape index (κ2) is 5.65. The largest absolute Gasteiger partial charge is 0.492 e. The van der Waals surface area contributed by atoms with E-state index in [0.29, 0.717) is 11.3 Å². The molecule has 116 valence electrons. The summed E-state index contributed by atoms with van der Waals surface area (Å²) in [5.41, 5.74) is 0.502. The molecular weight excluding hydrogens is 294 g/mol. The van der Waals surface area contributed by atoms with E-state index in [9.17, 15) is 13.2 Å². The van der Waals surface area contributed by atoms with Crippen LogP contribution in [0.3, 0.4) is 0 Å². The van der Waals surface area contributed by atoms with Crippen LogP contribution < -0.4 is 9.88 Å². The highest BCUT2D eigenvalue weighted by Gasteiger charge is 2.33. The SMILES string of the molecule is CC(C)C(C)OC(=O)C1COc2ccc(S(N)(=O)=O)cc21. The molecule has 7 heteroatoms. The van der Waals surface area contributed by atoms with Gasteiger partial charge in [-0.3, -0.25) is 4.79 Å². The number of sulfonamides is 1. The molecule has 21 heavy (non-hydrogen) atoms. The van der Waals surface area contributed by atoms with E-state index in [1.807, 2.05) is 20.8 Å². The number of carbonyl (C=O) groups is 1. The Morgan fingerprint density at radius 2 is 2.05 bits per heavy atom. The first-order valence-electron chi connectivity index (χ1n) is 6.70. The number of carbonyl (C=O) groups excluding carboxylic acids is 1. The number of hydrogen-bond donors (Lipinski definition) is 1. The summed E-state index contributed by atoms with van der Waals surface area (Å²) in [5, 5.41) is 5.11. The van der Waals surface area contributed by atoms with Crippen LogP contribution in [0.5, 0.6) is 5.75 Å². The lowest BCUT2D eigenvalue weighted by atomic mass is 10.0. The summed E-state index contributed by atoms with van der Waals surface area (Å²) in [4.78, 5) is 12.2. The minimum Gasteiger partial charge on any atom is -0.492 e. The first-order valence-corrected chi connectivity index (χ1v) is 8.25. The van der Waals surface area contributed by atoms with E-state index in [0.717, 1.165) is 0 Å². The summed E-state index contributed by atoms with van der Waals surface area (Å²) in [7, 11) is -3.82. The number of benzene rings is 1. The zero-order chi connectivity index (χ0) is 15.8. The van der Waals surface area contributed by atoms with Gasteiger partial charge in [-0.15, -0.1) is 0 Å². The second-order valence-corrected chi connectivity index (χ2v) is 7.06. The Balaban J connectivity index is 2.26. The van der Waals surface area contributed by atoms with Crippen LogP contribution in [0.15, 0.2) is 23.1 Å². The highest BCUT2D eigenvalue weighted by Crippen LogP contribution is 2.36. The summed E-state index contributed by atoms with van der Waals surface area (Å²) in [6.45, 7) is 5.87. The van der Waals surface area contributed by atoms with Gasteiger partial charge in [0.1, 0.15) is 24.4 Å². The van der Waals surface area contributed by atoms with Crippen molar-refractivity contribution in [3.05, 3.63) is 23.8 Å². The van der Waals surface area contributed by atoms with Crippen LogP contribution in [-0.4, -0.2) is 27.1 Å². The summed E-state index contributed by atoms with van der Waals surface area (Å²) >= 11 is 0. The Bertz CT molecular complexity index is 653. The van der Waals surface area contributed by atoms with E-state index < -0.39 is 21.9 Å². The van der Waals surface area contributed by atoms with E-state index in [-0.39, 0.29) is 23.5 Å². The minimum absolute atomic E-state index is 0.0403. The Kier molecular flexibility index (Phi) is 4.25. The Morgan fingerprint density at radius 1 is 1.38 bits per heavy atom. The lowest BCUT2D eigenvalue weighted by molar-refractivity contribution is -0.152. The molecule has 0 spiro atoms. The maximum Gasteiger partial charge on any atom is 0.317 e. The van der Waals surface area contributed by atoms with Crippen molar-refractivity contribution in [3.63, 3.8) is 0 Å². The van der Waals surface area contributed by atoms with Gasteiger partial charge >= 0.3 is 5.97 Å². The number of esters is 1. The monoisotopic (exact) mass is 313 g/mol. The van der Waals surface area contributed by atoms with E-state index in [2.05, 4.69) is 0 Å². The predicted octanol–water partition coefficient (Wildman–Crippen LogP) is 1.40. The average Bonchev–Trinajstić information content (AvgIpc) is 2.80. The van der Waals surface area contributed by atoms with Crippen LogP contribution in [0.25, 0.3) is 0 Å². The molecule has 0 amide bonds. The lowest BCUT2D eigenvalue weighted by Crippen LogP contribution is -2.25. The van der Waals surface area contributed by atoms with Gasteiger partial charge in [0.2, 0.25) is 10.0 Å². The van der Waals surface area contributed by atoms with Gasteiger partial charge in [0.05, 0.1) is 4.90 Å². The molecule has 0 radical (unpaired) electrons. The van der Waals surface area contributed by atoms with E-state index in [4.69, 9.17) is 14.6 Å². The standard InChI is InChI=1S/C14H19NO5S/c1-8(2)9(3)20-14(16)12-7-19-13-5-4-10(6-11(12)13)21(15,17)18/h4-6,8-9,12H,7H2,1-3H3,(H2,15,17,18). The minimum atomic E-state index is -3.82. The van der Waals surface area contributed by atoms with Crippen molar-refractivity contribution in [2.24, 2.45) is 11.1 Å². The zero-order valence-corrected chi connectivity index (χ0v) is 13.0. The molecule has 0 bridgehead atoms. The molecule has 1 aliphatic rings. The smallest absolute Gasteiger partial charge is 0.317 e. The molecule has 1 aromatic rings. The second-order valence-electron chi connectivity index (χ2n) is 5.49. The summed E-state index contributed by atoms with van der Waals surface area (Å²) in [6, 6.07) is 4.25. The molecular formula is C14H19NO5S. The summed E-state index contributed by atoms with van der Waals surface area (Å²) in [5.74, 6) is -0.350. The van der Waals surface area contributed by atoms with Crippen molar-refractivity contribution < 1.29 is 22.7 Å². The van der Waals surface area contributed by atoms with Crippen LogP contribution in [0.1, 0.15) is 32.3 Å². The number of nitrogens with two attached hydrogens (primary N) is 1. The molecule has 0 aromatic heterocycles. The fourth-order valence-corrected chi connectivity index (χ4v) is 2.52. The Hall–Kier alpha value is -1.60. The Morgan fingerprint density at radius 3 is 2.62 bits per heavy atom. The quantitative estimate of drug-likeness (QED) is 0.848. The van der Waals surface area contributed by atoms with Crippen molar-refractivity contribution in [3.8, 4) is 5.75 Å². The number of hydrogen-bond acceptors (Lipinski definition) is 5. The highest BCUT2D eigenvalue weighted by atomic mass is 32.2. The van der Waals surface area contributed by atoms with Gasteiger partial charge in [-0.1, -0.05) is 13.8 Å². The fourth-order valence-electron chi connectivity index (χ4n) is 1.97. The average molecular weight is 313 g/mol. The summed E-state index contributed by atoms with van der Waals surface area (Å²) in [6.07, 6.45) is -0.219. The van der Waals surface area contributed by atoms with Crippen molar-refractivity contribution in [2.45, 2.75) is 37.7 Å². The molecule has 0 saturated carbocycles. The molecule has 1 aliphatic heterocycles. The van der Waals surface area contributed by atoms with Crippen LogP contribution in [-0.2, 0) is 19.6 Å². The number of ether oxygens (including phenoxy) is 2. The van der Waals surface area contributed by atoms with E-state index in [1.54, 1.807) is 0 Å². The van der Waals surface area contributed by atoms with Crippen molar-refractivity contribution >= 4 is 16.0 Å². The molecule has 2 unspecified atom stereocenters. The fraction of sp³-hybridized carbons (Fsp3) is 0.500. The van der Waals surface area contributed by atoms with Gasteiger partial charge in [-0.05, 0) is 31.0 Å². The lowest BCUT2D eigenvalue weighted by Gasteiger charge is -2.18. The molecule has 6 nitrogen and oxygen atoms in total. The van der Waals surface area contributed by atoms with Crippen LogP contribution >= 0.6 is 0 Å². The van der Waals surface area contributed by atoms with Crippen LogP contribution in [0.4, 0.5) is 0 Å². The van der Waals surface area contributed by atoms with E-state index >= 15 is 0 Å². The molecule has 0 fully saturated rings. The van der Waals surface area contributed by atoms with Gasteiger partial charge in [-0.25, -0.2) is 13.6 Å². The molecule has 0 saturated heterocycles. The molecule has 0 aliphatic carbocycles. The normalized spacial score (nSPS) is 19.0. The highest BCUT2D eigenvalue weighted by molar-refractivity contribution is 7.89. The van der Waals surface area contributed by atoms with Gasteiger partial charge in [0.15, 0.2) is 0 Å². The van der Waals surface area contributed by atoms with Crippen molar-refractivity contribution in [1.29, 1.82) is 0 Å². The van der Waals surface area contributed by atoms with E-state index in [1.165, 1.54) is 18.2 Å². The molecule has 2 N–H and O–H groups in total. The van der Waals surface area contributed by atoms with Gasteiger partial charge in [0.25, 0.3) is 0 Å². The van der Waals surface area contributed by atoms with Crippen molar-refractivity contribution in [1.82, 2.24) is 0 Å². The molecule has 1 aromatic carbocycles. The van der Waals surface area contributed by atoms with Crippen molar-refractivity contribution in [2.75, 3.05) is 6.61 Å². The van der Waals surface area contributed by atoms with Crippen LogP contribution in [0, 0.1) is 5.92 Å². The van der Waals surface area contributed by atoms with Gasteiger partial charge < -0.3 is 9.47 Å². The third-order valence-corrected chi connectivity index (χ3v) is 4.53. The topological polar surface area (TPSA) is 95.7 Å². The number of rotatable bonds is 4. The number of primary sulfonamides is 1. The zero-order valence-electron chi connectivity index (χ0n) is 12.2. The molecule has 1 heterocycles. The first-order chi connectivity index (χ1) is 9.70. The third kappa shape index (κ3) is 3.36. The number of fused-ring (bicyclic) bond motifs is 1. The maximum absolute atomic E-state index is 12.2. The van der Waals surface area contributed by atoms with Gasteiger partial charge in [-0.2, -0.15) is 0 Å². The maximum atomic E-state index is 12.2. The first kappa shape index (κ1) is 15.8. The predicted molar refractivity (Wildman–Crippen MR) is 76.4 cm³/mol. The van der Waals surface area contributed by atoms with Crippen LogP contribution in [0.2, 0.25) is 0 Å². The summed E-state index contributed by atoms with van der Waals surface area (Å²) < 4.78 is 33.6. The van der Waals surface area contributed by atoms with Gasteiger partial charge in [0, 0.05) is 5.56 Å². The molecule has 2 atom stereocenters.